The number of nitrogens with zero attached hydrogens (tertiary/aromatic N) is 2. The molecule has 0 spiro atoms. The third-order valence-corrected chi connectivity index (χ3v) is 5.07. The van der Waals surface area contributed by atoms with Crippen molar-refractivity contribution < 1.29 is 4.52 Å². The Labute approximate surface area is 115 Å². The van der Waals surface area contributed by atoms with Crippen LogP contribution in [0, 0.1) is 5.92 Å². The van der Waals surface area contributed by atoms with E-state index in [0.717, 1.165) is 30.5 Å². The Morgan fingerprint density at radius 3 is 2.79 bits per heavy atom. The van der Waals surface area contributed by atoms with Crippen LogP contribution in [0.3, 0.4) is 0 Å². The molecule has 1 heterocycles. The molecule has 2 aliphatic rings. The molecular formula is C15H25N3O. The Morgan fingerprint density at radius 1 is 1.21 bits per heavy atom. The first-order chi connectivity index (χ1) is 9.28. The summed E-state index contributed by atoms with van der Waals surface area (Å²) in [5.41, 5.74) is 6.11. The molecule has 19 heavy (non-hydrogen) atoms. The van der Waals surface area contributed by atoms with E-state index in [9.17, 15) is 0 Å². The third-order valence-electron chi connectivity index (χ3n) is 5.07. The molecule has 0 aromatic carbocycles. The van der Waals surface area contributed by atoms with Crippen molar-refractivity contribution >= 4 is 0 Å². The molecule has 2 fully saturated rings. The van der Waals surface area contributed by atoms with Gasteiger partial charge in [0.2, 0.25) is 5.89 Å². The molecule has 2 aliphatic carbocycles. The molecule has 4 heteroatoms. The monoisotopic (exact) mass is 263 g/mol. The van der Waals surface area contributed by atoms with Crippen LogP contribution in [0.1, 0.15) is 81.8 Å². The highest BCUT2D eigenvalue weighted by Gasteiger charge is 2.32. The predicted octanol–water partition coefficient (Wildman–Crippen LogP) is 3.35. The molecule has 0 aliphatic heterocycles. The highest BCUT2D eigenvalue weighted by Crippen LogP contribution is 2.38. The van der Waals surface area contributed by atoms with Crippen molar-refractivity contribution in [3.8, 4) is 0 Å². The van der Waals surface area contributed by atoms with Gasteiger partial charge in [-0.15, -0.1) is 0 Å². The summed E-state index contributed by atoms with van der Waals surface area (Å²) in [6.07, 6.45) is 9.76. The highest BCUT2D eigenvalue weighted by atomic mass is 16.5. The van der Waals surface area contributed by atoms with Crippen LogP contribution in [0.25, 0.3) is 0 Å². The van der Waals surface area contributed by atoms with Crippen molar-refractivity contribution in [2.24, 2.45) is 11.7 Å². The second kappa shape index (κ2) is 5.61. The molecule has 2 N–H and O–H groups in total. The highest BCUT2D eigenvalue weighted by molar-refractivity contribution is 5.05. The zero-order valence-corrected chi connectivity index (χ0v) is 11.8. The van der Waals surface area contributed by atoms with E-state index in [1.807, 2.05) is 0 Å². The lowest BCUT2D eigenvalue weighted by atomic mass is 9.80. The lowest BCUT2D eigenvalue weighted by Crippen LogP contribution is -2.23. The van der Waals surface area contributed by atoms with Gasteiger partial charge in [0.1, 0.15) is 0 Å². The molecule has 0 radical (unpaired) electrons. The molecule has 1 aromatic heterocycles. The maximum atomic E-state index is 6.11. The van der Waals surface area contributed by atoms with Gasteiger partial charge >= 0.3 is 0 Å². The molecule has 0 bridgehead atoms. The van der Waals surface area contributed by atoms with Crippen molar-refractivity contribution in [1.29, 1.82) is 0 Å². The lowest BCUT2D eigenvalue weighted by Gasteiger charge is -2.26. The summed E-state index contributed by atoms with van der Waals surface area (Å²) in [5, 5.41) is 4.25. The van der Waals surface area contributed by atoms with Crippen molar-refractivity contribution in [2.75, 3.05) is 0 Å². The van der Waals surface area contributed by atoms with E-state index in [1.54, 1.807) is 0 Å². The maximum Gasteiger partial charge on any atom is 0.231 e. The minimum Gasteiger partial charge on any atom is -0.339 e. The summed E-state index contributed by atoms with van der Waals surface area (Å²) in [5.74, 6) is 3.38. The van der Waals surface area contributed by atoms with Gasteiger partial charge in [0.25, 0.3) is 0 Å². The normalized spacial score (nSPS) is 35.7. The van der Waals surface area contributed by atoms with Gasteiger partial charge in [-0.3, -0.25) is 0 Å². The minimum absolute atomic E-state index is 0.211. The van der Waals surface area contributed by atoms with Gasteiger partial charge < -0.3 is 10.3 Å². The minimum atomic E-state index is 0.211. The van der Waals surface area contributed by atoms with Crippen LogP contribution in [-0.2, 0) is 0 Å². The van der Waals surface area contributed by atoms with Gasteiger partial charge in [-0.2, -0.15) is 4.98 Å². The predicted molar refractivity (Wildman–Crippen MR) is 73.9 cm³/mol. The molecule has 0 saturated heterocycles. The summed E-state index contributed by atoms with van der Waals surface area (Å²) >= 11 is 0. The van der Waals surface area contributed by atoms with Crippen molar-refractivity contribution in [3.05, 3.63) is 11.7 Å². The Hall–Kier alpha value is -0.900. The van der Waals surface area contributed by atoms with E-state index in [1.165, 1.54) is 38.5 Å². The van der Waals surface area contributed by atoms with Crippen molar-refractivity contribution in [3.63, 3.8) is 0 Å². The Balaban J connectivity index is 1.70. The summed E-state index contributed by atoms with van der Waals surface area (Å²) in [6, 6.07) is 0.211. The topological polar surface area (TPSA) is 64.9 Å². The fraction of sp³-hybridized carbons (Fsp3) is 0.867. The van der Waals surface area contributed by atoms with E-state index in [2.05, 4.69) is 17.1 Å². The second-order valence-electron chi connectivity index (χ2n) is 6.33. The van der Waals surface area contributed by atoms with E-state index < -0.39 is 0 Å². The van der Waals surface area contributed by atoms with Crippen LogP contribution >= 0.6 is 0 Å². The largest absolute Gasteiger partial charge is 0.339 e. The smallest absolute Gasteiger partial charge is 0.231 e. The van der Waals surface area contributed by atoms with Crippen LogP contribution in [0.15, 0.2) is 4.52 Å². The van der Waals surface area contributed by atoms with E-state index in [-0.39, 0.29) is 6.04 Å². The Kier molecular flexibility index (Phi) is 3.87. The van der Waals surface area contributed by atoms with Gasteiger partial charge in [0.15, 0.2) is 5.82 Å². The van der Waals surface area contributed by atoms with Gasteiger partial charge in [-0.05, 0) is 31.6 Å². The average molecular weight is 263 g/mol. The average Bonchev–Trinajstić information content (AvgIpc) is 3.07. The number of nitrogens with two attached hydrogens (primary N) is 1. The zero-order chi connectivity index (χ0) is 13.2. The molecule has 0 amide bonds. The van der Waals surface area contributed by atoms with Crippen molar-refractivity contribution in [2.45, 2.75) is 76.2 Å². The fourth-order valence-electron chi connectivity index (χ4n) is 3.76. The molecule has 4 atom stereocenters. The molecule has 2 saturated carbocycles. The van der Waals surface area contributed by atoms with Crippen LogP contribution in [0.4, 0.5) is 0 Å². The summed E-state index contributed by atoms with van der Waals surface area (Å²) < 4.78 is 5.50. The first-order valence-electron chi connectivity index (χ1n) is 7.87. The SMILES string of the molecule is CCC1CCCC(c2noc(C3CCCC3N)n2)C1. The molecule has 1 aromatic rings. The van der Waals surface area contributed by atoms with E-state index in [0.29, 0.717) is 11.8 Å². The number of hydrogen-bond acceptors (Lipinski definition) is 4. The van der Waals surface area contributed by atoms with Gasteiger partial charge in [0, 0.05) is 12.0 Å². The summed E-state index contributed by atoms with van der Waals surface area (Å²) in [4.78, 5) is 4.68. The Bertz CT molecular complexity index is 417. The van der Waals surface area contributed by atoms with Crippen molar-refractivity contribution in [1.82, 2.24) is 10.1 Å². The van der Waals surface area contributed by atoms with Crippen LogP contribution in [0.5, 0.6) is 0 Å². The molecular weight excluding hydrogens is 238 g/mol. The molecule has 4 nitrogen and oxygen atoms in total. The first-order valence-corrected chi connectivity index (χ1v) is 7.87. The van der Waals surface area contributed by atoms with Gasteiger partial charge in [0.05, 0.1) is 5.92 Å². The van der Waals surface area contributed by atoms with E-state index >= 15 is 0 Å². The standard InChI is InChI=1S/C15H25N3O/c1-2-10-5-3-6-11(9-10)14-17-15(19-18-14)12-7-4-8-13(12)16/h10-13H,2-9,16H2,1H3. The number of hydrogen-bond donors (Lipinski definition) is 1. The zero-order valence-electron chi connectivity index (χ0n) is 11.8. The molecule has 4 unspecified atom stereocenters. The fourth-order valence-corrected chi connectivity index (χ4v) is 3.76. The first kappa shape index (κ1) is 13.1. The van der Waals surface area contributed by atoms with Gasteiger partial charge in [-0.25, -0.2) is 0 Å². The molecule has 106 valence electrons. The van der Waals surface area contributed by atoms with Crippen LogP contribution in [0.2, 0.25) is 0 Å². The number of rotatable bonds is 3. The molecule has 3 rings (SSSR count). The maximum absolute atomic E-state index is 6.11. The number of aromatic nitrogens is 2. The summed E-state index contributed by atoms with van der Waals surface area (Å²) in [6.45, 7) is 2.28. The van der Waals surface area contributed by atoms with Crippen LogP contribution in [-0.4, -0.2) is 16.2 Å². The quantitative estimate of drug-likeness (QED) is 0.908. The summed E-state index contributed by atoms with van der Waals surface area (Å²) in [7, 11) is 0. The Morgan fingerprint density at radius 2 is 2.05 bits per heavy atom. The second-order valence-corrected chi connectivity index (χ2v) is 6.33. The van der Waals surface area contributed by atoms with Gasteiger partial charge in [-0.1, -0.05) is 37.8 Å². The lowest BCUT2D eigenvalue weighted by molar-refractivity contribution is 0.295. The van der Waals surface area contributed by atoms with E-state index in [4.69, 9.17) is 10.3 Å². The van der Waals surface area contributed by atoms with Crippen LogP contribution < -0.4 is 5.73 Å². The third kappa shape index (κ3) is 2.69.